The van der Waals surface area contributed by atoms with E-state index in [2.05, 4.69) is 15.5 Å². The molecule has 0 bridgehead atoms. The third-order valence-corrected chi connectivity index (χ3v) is 3.27. The maximum absolute atomic E-state index is 11.9. The molecule has 1 aromatic carbocycles. The van der Waals surface area contributed by atoms with Gasteiger partial charge in [0.05, 0.1) is 6.54 Å². The number of likely N-dealkylation sites (N-methyl/N-ethyl adjacent to an activating group) is 1. The molecular weight excluding hydrogens is 272 g/mol. The smallest absolute Gasteiger partial charge is 0.414 e. The molecule has 0 aliphatic carbocycles. The molecule has 2 heterocycles. The van der Waals surface area contributed by atoms with E-state index in [1.165, 1.54) is 0 Å². The molecule has 7 nitrogen and oxygen atoms in total. The highest BCUT2D eigenvalue weighted by molar-refractivity contribution is 5.90. The first-order valence-corrected chi connectivity index (χ1v) is 6.71. The molecule has 3 rings (SSSR count). The number of amides is 1. The summed E-state index contributed by atoms with van der Waals surface area (Å²) in [5, 5.41) is 6.87. The van der Waals surface area contributed by atoms with Crippen LogP contribution in [0.5, 0.6) is 0 Å². The summed E-state index contributed by atoms with van der Waals surface area (Å²) in [6.45, 7) is 2.93. The van der Waals surface area contributed by atoms with Crippen molar-refractivity contribution in [3.8, 4) is 11.4 Å². The van der Waals surface area contributed by atoms with Crippen molar-refractivity contribution in [2.45, 2.75) is 13.0 Å². The highest BCUT2D eigenvalue weighted by atomic mass is 16.6. The van der Waals surface area contributed by atoms with Crippen molar-refractivity contribution < 1.29 is 14.1 Å². The van der Waals surface area contributed by atoms with E-state index >= 15 is 0 Å². The van der Waals surface area contributed by atoms with Crippen molar-refractivity contribution >= 4 is 11.8 Å². The minimum atomic E-state index is -0.321. The summed E-state index contributed by atoms with van der Waals surface area (Å²) in [7, 11) is 1.83. The minimum absolute atomic E-state index is 0.123. The first-order chi connectivity index (χ1) is 10.2. The average Bonchev–Trinajstić information content (AvgIpc) is 3.06. The highest BCUT2D eigenvalue weighted by Crippen LogP contribution is 2.24. The van der Waals surface area contributed by atoms with Gasteiger partial charge in [0, 0.05) is 24.7 Å². The summed E-state index contributed by atoms with van der Waals surface area (Å²) in [5.74, 6) is 1.06. The highest BCUT2D eigenvalue weighted by Gasteiger charge is 2.31. The van der Waals surface area contributed by atoms with Crippen LogP contribution in [0.2, 0.25) is 0 Å². The van der Waals surface area contributed by atoms with Crippen LogP contribution in [0.1, 0.15) is 5.89 Å². The summed E-state index contributed by atoms with van der Waals surface area (Å²) in [5.41, 5.74) is 1.64. The Balaban J connectivity index is 1.77. The predicted molar refractivity (Wildman–Crippen MR) is 76.0 cm³/mol. The number of carbonyl (C=O) groups is 1. The fourth-order valence-corrected chi connectivity index (χ4v) is 2.27. The molecule has 1 saturated heterocycles. The monoisotopic (exact) mass is 288 g/mol. The van der Waals surface area contributed by atoms with Crippen molar-refractivity contribution in [1.82, 2.24) is 15.5 Å². The van der Waals surface area contributed by atoms with Gasteiger partial charge in [0.1, 0.15) is 6.10 Å². The van der Waals surface area contributed by atoms with Crippen LogP contribution in [0, 0.1) is 6.92 Å². The number of ether oxygens (including phenoxy) is 1. The number of cyclic esters (lactones) is 1. The van der Waals surface area contributed by atoms with E-state index in [-0.39, 0.29) is 12.2 Å². The van der Waals surface area contributed by atoms with E-state index in [4.69, 9.17) is 9.26 Å². The molecule has 1 aliphatic rings. The molecule has 1 N–H and O–H groups in total. The van der Waals surface area contributed by atoms with Crippen LogP contribution in [0.15, 0.2) is 28.8 Å². The van der Waals surface area contributed by atoms with Crippen molar-refractivity contribution in [3.63, 3.8) is 0 Å². The Kier molecular flexibility index (Phi) is 3.57. The summed E-state index contributed by atoms with van der Waals surface area (Å²) in [6.07, 6.45) is -0.444. The minimum Gasteiger partial charge on any atom is -0.443 e. The van der Waals surface area contributed by atoms with Crippen LogP contribution >= 0.6 is 0 Å². The maximum Gasteiger partial charge on any atom is 0.414 e. The topological polar surface area (TPSA) is 80.5 Å². The van der Waals surface area contributed by atoms with Gasteiger partial charge in [0.25, 0.3) is 0 Å². The van der Waals surface area contributed by atoms with Crippen molar-refractivity contribution in [3.05, 3.63) is 30.2 Å². The first kappa shape index (κ1) is 13.6. The second-order valence-electron chi connectivity index (χ2n) is 4.86. The number of anilines is 1. The number of hydrogen-bond donors (Lipinski definition) is 1. The van der Waals surface area contributed by atoms with Gasteiger partial charge in [0.15, 0.2) is 0 Å². The molecule has 1 aromatic heterocycles. The van der Waals surface area contributed by atoms with E-state index in [1.54, 1.807) is 11.8 Å². The summed E-state index contributed by atoms with van der Waals surface area (Å²) < 4.78 is 10.2. The van der Waals surface area contributed by atoms with Gasteiger partial charge < -0.3 is 14.6 Å². The number of aromatic nitrogens is 2. The van der Waals surface area contributed by atoms with Crippen molar-refractivity contribution in [2.75, 3.05) is 25.0 Å². The number of benzene rings is 1. The van der Waals surface area contributed by atoms with Crippen LogP contribution in [0.3, 0.4) is 0 Å². The molecule has 1 fully saturated rings. The van der Waals surface area contributed by atoms with E-state index in [1.807, 2.05) is 31.3 Å². The summed E-state index contributed by atoms with van der Waals surface area (Å²) >= 11 is 0. The lowest BCUT2D eigenvalue weighted by Crippen LogP contribution is -2.28. The van der Waals surface area contributed by atoms with Gasteiger partial charge in [-0.3, -0.25) is 4.90 Å². The Morgan fingerprint density at radius 1 is 1.38 bits per heavy atom. The van der Waals surface area contributed by atoms with Gasteiger partial charge in [-0.2, -0.15) is 4.98 Å². The van der Waals surface area contributed by atoms with E-state index in [9.17, 15) is 4.79 Å². The molecule has 110 valence electrons. The third kappa shape index (κ3) is 2.73. The maximum atomic E-state index is 11.9. The van der Waals surface area contributed by atoms with E-state index < -0.39 is 0 Å². The van der Waals surface area contributed by atoms with E-state index in [0.717, 1.165) is 11.3 Å². The average molecular weight is 288 g/mol. The van der Waals surface area contributed by atoms with Crippen molar-refractivity contribution in [2.24, 2.45) is 0 Å². The van der Waals surface area contributed by atoms with Gasteiger partial charge in [-0.15, -0.1) is 0 Å². The lowest BCUT2D eigenvalue weighted by molar-refractivity contribution is 0.141. The Bertz CT molecular complexity index is 638. The fourth-order valence-electron chi connectivity index (χ4n) is 2.27. The third-order valence-electron chi connectivity index (χ3n) is 3.27. The Morgan fingerprint density at radius 3 is 2.76 bits per heavy atom. The van der Waals surface area contributed by atoms with Crippen molar-refractivity contribution in [1.29, 1.82) is 0 Å². The molecule has 7 heteroatoms. The molecule has 0 saturated carbocycles. The lowest BCUT2D eigenvalue weighted by Gasteiger charge is -2.13. The van der Waals surface area contributed by atoms with Crippen LogP contribution in [-0.4, -0.2) is 42.5 Å². The number of nitrogens with zero attached hydrogens (tertiary/aromatic N) is 3. The molecule has 0 spiro atoms. The molecule has 1 amide bonds. The summed E-state index contributed by atoms with van der Waals surface area (Å²) in [6, 6.07) is 7.42. The molecule has 21 heavy (non-hydrogen) atoms. The van der Waals surface area contributed by atoms with Gasteiger partial charge >= 0.3 is 6.09 Å². The second-order valence-corrected chi connectivity index (χ2v) is 4.86. The largest absolute Gasteiger partial charge is 0.443 e. The van der Waals surface area contributed by atoms with Gasteiger partial charge in [-0.05, 0) is 31.3 Å². The zero-order valence-electron chi connectivity index (χ0n) is 11.9. The summed E-state index contributed by atoms with van der Waals surface area (Å²) in [4.78, 5) is 17.6. The number of carbonyl (C=O) groups excluding carboxylic acids is 1. The first-order valence-electron chi connectivity index (χ1n) is 6.71. The van der Waals surface area contributed by atoms with Crippen LogP contribution in [0.4, 0.5) is 10.5 Å². The number of nitrogens with one attached hydrogen (secondary N) is 1. The van der Waals surface area contributed by atoms with Crippen LogP contribution < -0.4 is 10.2 Å². The Morgan fingerprint density at radius 2 is 2.14 bits per heavy atom. The van der Waals surface area contributed by atoms with Crippen LogP contribution in [-0.2, 0) is 4.74 Å². The molecule has 1 aliphatic heterocycles. The molecule has 2 aromatic rings. The molecule has 0 radical (unpaired) electrons. The predicted octanol–water partition coefficient (Wildman–Crippen LogP) is 1.59. The zero-order chi connectivity index (χ0) is 14.8. The fraction of sp³-hybridized carbons (Fsp3) is 0.357. The normalized spacial score (nSPS) is 18.1. The molecule has 1 atom stereocenters. The van der Waals surface area contributed by atoms with Crippen LogP contribution in [0.25, 0.3) is 11.4 Å². The van der Waals surface area contributed by atoms with Gasteiger partial charge in [0.2, 0.25) is 11.7 Å². The Labute approximate surface area is 121 Å². The number of rotatable bonds is 4. The van der Waals surface area contributed by atoms with Gasteiger partial charge in [-0.1, -0.05) is 5.16 Å². The molecular formula is C14H16N4O3. The molecule has 1 unspecified atom stereocenters. The van der Waals surface area contributed by atoms with E-state index in [0.29, 0.717) is 24.8 Å². The number of aryl methyl sites for hydroxylation is 1. The standard InChI is InChI=1S/C14H16N4O3/c1-9-16-13(17-21-9)10-3-5-11(6-4-10)18-8-12(7-15-2)20-14(18)19/h3-6,12,15H,7-8H2,1-2H3. The van der Waals surface area contributed by atoms with Gasteiger partial charge in [-0.25, -0.2) is 4.79 Å². The lowest BCUT2D eigenvalue weighted by atomic mass is 10.2. The quantitative estimate of drug-likeness (QED) is 0.920. The zero-order valence-corrected chi connectivity index (χ0v) is 11.9. The second kappa shape index (κ2) is 5.53. The Hall–Kier alpha value is -2.41. The SMILES string of the molecule is CNCC1CN(c2ccc(-c3noc(C)n3)cc2)C(=O)O1. The number of hydrogen-bond acceptors (Lipinski definition) is 6.